The number of hydrogen-bond donors (Lipinski definition) is 5. The molecule has 0 bridgehead atoms. The maximum absolute atomic E-state index is 14.2. The normalized spacial score (nSPS) is 24.3. The summed E-state index contributed by atoms with van der Waals surface area (Å²) in [6, 6.07) is 14.3. The quantitative estimate of drug-likeness (QED) is 0.205. The molecule has 250 valence electrons. The number of carbonyl (C=O) groups is 5. The zero-order valence-corrected chi connectivity index (χ0v) is 26.4. The Morgan fingerprint density at radius 3 is 2.48 bits per heavy atom. The molecule has 0 saturated carbocycles. The molecule has 0 unspecified atom stereocenters. The largest absolute Gasteiger partial charge is 0.391 e. The van der Waals surface area contributed by atoms with Gasteiger partial charge < -0.3 is 35.8 Å². The molecule has 5 N–H and O–H groups in total. The van der Waals surface area contributed by atoms with E-state index in [1.807, 2.05) is 30.3 Å². The Morgan fingerprint density at radius 1 is 0.938 bits per heavy atom. The molecular weight excluding hydrogens is 616 g/mol. The van der Waals surface area contributed by atoms with Crippen molar-refractivity contribution in [3.63, 3.8) is 0 Å². The van der Waals surface area contributed by atoms with Gasteiger partial charge >= 0.3 is 0 Å². The van der Waals surface area contributed by atoms with Crippen molar-refractivity contribution >= 4 is 40.4 Å². The molecule has 4 heterocycles. The van der Waals surface area contributed by atoms with Crippen LogP contribution >= 0.6 is 0 Å². The number of benzene rings is 2. The Labute approximate surface area is 276 Å². The van der Waals surface area contributed by atoms with Crippen molar-refractivity contribution in [2.24, 2.45) is 0 Å². The van der Waals surface area contributed by atoms with Gasteiger partial charge in [0.2, 0.25) is 29.5 Å². The third-order valence-electron chi connectivity index (χ3n) is 8.81. The molecule has 5 atom stereocenters. The van der Waals surface area contributed by atoms with Crippen LogP contribution < -0.4 is 16.0 Å². The van der Waals surface area contributed by atoms with Crippen LogP contribution in [0.4, 0.5) is 0 Å². The van der Waals surface area contributed by atoms with Gasteiger partial charge in [-0.1, -0.05) is 48.5 Å². The van der Waals surface area contributed by atoms with E-state index in [0.717, 1.165) is 16.5 Å². The lowest BCUT2D eigenvalue weighted by Gasteiger charge is -2.30. The first-order valence-corrected chi connectivity index (χ1v) is 15.9. The van der Waals surface area contributed by atoms with E-state index in [-0.39, 0.29) is 32.5 Å². The Morgan fingerprint density at radius 2 is 1.71 bits per heavy atom. The van der Waals surface area contributed by atoms with E-state index in [1.165, 1.54) is 27.6 Å². The predicted octanol–water partition coefficient (Wildman–Crippen LogP) is 0.258. The lowest BCUT2D eigenvalue weighted by molar-refractivity contribution is -0.142. The molecule has 2 aromatic carbocycles. The summed E-state index contributed by atoms with van der Waals surface area (Å²) < 4.78 is 1.44. The number of para-hydroxylation sites is 1. The van der Waals surface area contributed by atoms with Crippen LogP contribution in [0.5, 0.6) is 0 Å². The van der Waals surface area contributed by atoms with Gasteiger partial charge in [-0.15, -0.1) is 0 Å². The molecule has 2 aromatic heterocycles. The predicted molar refractivity (Wildman–Crippen MR) is 174 cm³/mol. The first-order chi connectivity index (χ1) is 23.2. The zero-order chi connectivity index (χ0) is 33.8. The van der Waals surface area contributed by atoms with E-state index in [2.05, 4.69) is 26.0 Å². The van der Waals surface area contributed by atoms with E-state index in [0.29, 0.717) is 5.56 Å². The summed E-state index contributed by atoms with van der Waals surface area (Å²) >= 11 is 0. The second kappa shape index (κ2) is 14.1. The van der Waals surface area contributed by atoms with Gasteiger partial charge in [-0.3, -0.25) is 28.7 Å². The summed E-state index contributed by atoms with van der Waals surface area (Å²) in [5.41, 5.74) is 2.30. The number of aromatic nitrogens is 3. The highest BCUT2D eigenvalue weighted by Gasteiger charge is 2.42. The van der Waals surface area contributed by atoms with Crippen LogP contribution in [0.25, 0.3) is 10.9 Å². The molecule has 5 amide bonds. The highest BCUT2D eigenvalue weighted by atomic mass is 16.3. The Hall–Kier alpha value is -5.50. The van der Waals surface area contributed by atoms with Crippen LogP contribution in [0.15, 0.2) is 79.3 Å². The summed E-state index contributed by atoms with van der Waals surface area (Å²) in [5.74, 6) is -2.72. The van der Waals surface area contributed by atoms with Crippen LogP contribution in [0.1, 0.15) is 30.5 Å². The van der Waals surface area contributed by atoms with Gasteiger partial charge in [0.05, 0.1) is 18.7 Å². The second-order valence-electron chi connectivity index (χ2n) is 12.3. The molecule has 48 heavy (non-hydrogen) atoms. The fraction of sp³-hybridized carbons (Fsp3) is 0.353. The van der Waals surface area contributed by atoms with Crippen molar-refractivity contribution in [2.75, 3.05) is 19.6 Å². The third kappa shape index (κ3) is 7.23. The number of hydrogen-bond acceptors (Lipinski definition) is 7. The van der Waals surface area contributed by atoms with Crippen LogP contribution in [0, 0.1) is 0 Å². The molecule has 6 rings (SSSR count). The summed E-state index contributed by atoms with van der Waals surface area (Å²) in [6.07, 6.45) is 4.02. The van der Waals surface area contributed by atoms with Gasteiger partial charge in [-0.2, -0.15) is 5.10 Å². The minimum Gasteiger partial charge on any atom is -0.391 e. The third-order valence-corrected chi connectivity index (χ3v) is 8.81. The van der Waals surface area contributed by atoms with Crippen LogP contribution in [-0.4, -0.2) is 103 Å². The van der Waals surface area contributed by atoms with Crippen molar-refractivity contribution < 1.29 is 29.1 Å². The van der Waals surface area contributed by atoms with Gasteiger partial charge in [0.25, 0.3) is 0 Å². The molecule has 2 aliphatic rings. The smallest absolute Gasteiger partial charge is 0.246 e. The van der Waals surface area contributed by atoms with Crippen LogP contribution in [0.2, 0.25) is 0 Å². The number of carbonyl (C=O) groups excluding carboxylic acids is 5. The van der Waals surface area contributed by atoms with Crippen molar-refractivity contribution in [1.82, 2.24) is 40.5 Å². The summed E-state index contributed by atoms with van der Waals surface area (Å²) in [4.78, 5) is 74.6. The molecule has 2 saturated heterocycles. The number of aromatic amines is 1. The number of aliphatic hydroxyl groups excluding tert-OH is 1. The highest BCUT2D eigenvalue weighted by Crippen LogP contribution is 2.24. The van der Waals surface area contributed by atoms with E-state index in [4.69, 9.17) is 0 Å². The monoisotopic (exact) mass is 654 g/mol. The van der Waals surface area contributed by atoms with Gasteiger partial charge in [0.15, 0.2) is 0 Å². The first-order valence-electron chi connectivity index (χ1n) is 15.9. The standard InChI is InChI=1S/C34H38N8O6/c1-21-32(46)39-28(22-8-3-2-4-9-22)18-40(31(45)20-41-13-7-12-36-41)19-30(44)38-27(14-23-16-35-26-11-6-5-10-25(23)26)34(48)42-17-24(43)15-29(42)33(47)37-21/h2-13,16,21,24,27-29,35,43H,14-15,17-20H2,1H3,(H,37,47)(H,38,44)(H,39,46)/t21-,24+,27+,28-,29-/m0/s1. The average molecular weight is 655 g/mol. The highest BCUT2D eigenvalue weighted by molar-refractivity contribution is 5.96. The molecular formula is C34H38N8O6. The fourth-order valence-corrected chi connectivity index (χ4v) is 6.34. The maximum Gasteiger partial charge on any atom is 0.246 e. The van der Waals surface area contributed by atoms with Crippen LogP contribution in [0.3, 0.4) is 0 Å². The lowest BCUT2D eigenvalue weighted by Crippen LogP contribution is -2.56. The average Bonchev–Trinajstić information content (AvgIpc) is 3.84. The van der Waals surface area contributed by atoms with Crippen molar-refractivity contribution in [3.05, 3.63) is 90.4 Å². The topological polar surface area (TPSA) is 182 Å². The van der Waals surface area contributed by atoms with E-state index >= 15 is 0 Å². The number of H-pyrrole nitrogens is 1. The number of aliphatic hydroxyl groups is 1. The Kier molecular flexibility index (Phi) is 9.52. The first kappa shape index (κ1) is 32.4. The van der Waals surface area contributed by atoms with Gasteiger partial charge in [0.1, 0.15) is 24.7 Å². The molecule has 0 aliphatic carbocycles. The van der Waals surface area contributed by atoms with Gasteiger partial charge in [-0.05, 0) is 30.2 Å². The number of nitrogens with zero attached hydrogens (tertiary/aromatic N) is 4. The number of nitrogens with one attached hydrogen (secondary N) is 4. The Bertz CT molecular complexity index is 1790. The molecule has 14 nitrogen and oxygen atoms in total. The summed E-state index contributed by atoms with van der Waals surface area (Å²) in [6.45, 7) is 0.744. The molecule has 0 radical (unpaired) electrons. The van der Waals surface area contributed by atoms with Gasteiger partial charge in [-0.25, -0.2) is 0 Å². The van der Waals surface area contributed by atoms with E-state index < -0.39 is 66.4 Å². The zero-order valence-electron chi connectivity index (χ0n) is 26.4. The maximum atomic E-state index is 14.2. The number of rotatable bonds is 5. The minimum atomic E-state index is -1.13. The lowest BCUT2D eigenvalue weighted by atomic mass is 10.0. The van der Waals surface area contributed by atoms with Crippen molar-refractivity contribution in [1.29, 1.82) is 0 Å². The minimum absolute atomic E-state index is 0.0258. The number of fused-ring (bicyclic) bond motifs is 2. The molecule has 14 heteroatoms. The van der Waals surface area contributed by atoms with Crippen molar-refractivity contribution in [3.8, 4) is 0 Å². The van der Waals surface area contributed by atoms with Gasteiger partial charge in [0, 0.05) is 55.4 Å². The molecule has 0 spiro atoms. The van der Waals surface area contributed by atoms with E-state index in [1.54, 1.807) is 42.7 Å². The fourth-order valence-electron chi connectivity index (χ4n) is 6.34. The second-order valence-corrected chi connectivity index (χ2v) is 12.3. The van der Waals surface area contributed by atoms with Crippen LogP contribution in [-0.2, 0) is 36.9 Å². The molecule has 2 fully saturated rings. The number of amides is 5. The SMILES string of the molecule is C[C@@H]1NC(=O)[C@@H]2C[C@@H](O)CN2C(=O)[C@@H](Cc2c[nH]c3ccccc23)NC(=O)CN(C(=O)Cn2cccn2)C[C@@H](c2ccccc2)NC1=O. The Balaban J connectivity index is 1.37. The van der Waals surface area contributed by atoms with Crippen molar-refractivity contribution in [2.45, 2.75) is 56.6 Å². The summed E-state index contributed by atoms with van der Waals surface area (Å²) in [5, 5.41) is 24.0. The molecule has 4 aromatic rings. The summed E-state index contributed by atoms with van der Waals surface area (Å²) in [7, 11) is 0. The molecule has 2 aliphatic heterocycles. The van der Waals surface area contributed by atoms with E-state index in [9.17, 15) is 29.1 Å².